The number of methoxy groups -OCH3 is 1. The van der Waals surface area contributed by atoms with Gasteiger partial charge in [0, 0.05) is 6.20 Å². The van der Waals surface area contributed by atoms with E-state index >= 15 is 0 Å². The van der Waals surface area contributed by atoms with Crippen LogP contribution in [0.4, 0.5) is 10.1 Å². The molecular formula is C20H17FN4O3S. The van der Waals surface area contributed by atoms with Crippen LogP contribution in [-0.4, -0.2) is 30.1 Å². The Morgan fingerprint density at radius 2 is 1.76 bits per heavy atom. The summed E-state index contributed by atoms with van der Waals surface area (Å²) in [6, 6.07) is 15.5. The number of sulfonamides is 1. The van der Waals surface area contributed by atoms with Crippen molar-refractivity contribution in [3.63, 3.8) is 0 Å². The number of rotatable bonds is 6. The first kappa shape index (κ1) is 18.9. The summed E-state index contributed by atoms with van der Waals surface area (Å²) in [5.41, 5.74) is 1.64. The zero-order chi connectivity index (χ0) is 20.4. The molecule has 2 aromatic carbocycles. The van der Waals surface area contributed by atoms with E-state index in [9.17, 15) is 12.8 Å². The fourth-order valence-electron chi connectivity index (χ4n) is 2.91. The third-order valence-corrected chi connectivity index (χ3v) is 6.21. The Labute approximate surface area is 167 Å². The predicted octanol–water partition coefficient (Wildman–Crippen LogP) is 3.27. The van der Waals surface area contributed by atoms with E-state index in [1.165, 1.54) is 51.6 Å². The van der Waals surface area contributed by atoms with Gasteiger partial charge in [0.05, 0.1) is 19.3 Å². The van der Waals surface area contributed by atoms with Gasteiger partial charge in [0.2, 0.25) is 0 Å². The molecule has 0 saturated heterocycles. The topological polar surface area (TPSA) is 76.8 Å². The number of halogens is 1. The summed E-state index contributed by atoms with van der Waals surface area (Å²) >= 11 is 0. The van der Waals surface area contributed by atoms with Gasteiger partial charge in [-0.2, -0.15) is 0 Å². The van der Waals surface area contributed by atoms with Crippen LogP contribution >= 0.6 is 0 Å². The highest BCUT2D eigenvalue weighted by atomic mass is 32.2. The third kappa shape index (κ3) is 3.77. The zero-order valence-electron chi connectivity index (χ0n) is 15.4. The van der Waals surface area contributed by atoms with Crippen molar-refractivity contribution in [3.8, 4) is 5.75 Å². The molecule has 29 heavy (non-hydrogen) atoms. The quantitative estimate of drug-likeness (QED) is 0.486. The molecule has 0 N–H and O–H groups in total. The van der Waals surface area contributed by atoms with Crippen LogP contribution in [0.3, 0.4) is 0 Å². The molecule has 4 rings (SSSR count). The Kier molecular flexibility index (Phi) is 4.89. The van der Waals surface area contributed by atoms with Crippen molar-refractivity contribution in [1.82, 2.24) is 14.6 Å². The van der Waals surface area contributed by atoms with E-state index in [0.717, 1.165) is 5.56 Å². The van der Waals surface area contributed by atoms with Crippen molar-refractivity contribution in [2.24, 2.45) is 0 Å². The fourth-order valence-corrected chi connectivity index (χ4v) is 4.37. The summed E-state index contributed by atoms with van der Waals surface area (Å²) in [7, 11) is -2.39. The molecule has 2 aromatic heterocycles. The van der Waals surface area contributed by atoms with Gasteiger partial charge in [-0.25, -0.2) is 12.8 Å². The molecule has 0 atom stereocenters. The molecule has 2 heterocycles. The van der Waals surface area contributed by atoms with Crippen molar-refractivity contribution >= 4 is 21.4 Å². The third-order valence-electron chi connectivity index (χ3n) is 4.45. The number of fused-ring (bicyclic) bond motifs is 1. The Bertz CT molecular complexity index is 1240. The largest absolute Gasteiger partial charge is 0.497 e. The van der Waals surface area contributed by atoms with Gasteiger partial charge in [-0.05, 0) is 54.1 Å². The number of benzene rings is 2. The van der Waals surface area contributed by atoms with Gasteiger partial charge in [-0.15, -0.1) is 10.2 Å². The van der Waals surface area contributed by atoms with Gasteiger partial charge in [-0.3, -0.25) is 8.71 Å². The van der Waals surface area contributed by atoms with Gasteiger partial charge < -0.3 is 4.74 Å². The van der Waals surface area contributed by atoms with Crippen molar-refractivity contribution in [3.05, 3.63) is 84.6 Å². The highest BCUT2D eigenvalue weighted by molar-refractivity contribution is 7.92. The molecule has 7 nitrogen and oxygen atoms in total. The maximum atomic E-state index is 13.5. The summed E-state index contributed by atoms with van der Waals surface area (Å²) in [4.78, 5) is 0.0719. The lowest BCUT2D eigenvalue weighted by atomic mass is 10.2. The summed E-state index contributed by atoms with van der Waals surface area (Å²) < 4.78 is 48.3. The van der Waals surface area contributed by atoms with E-state index in [1.54, 1.807) is 37.4 Å². The van der Waals surface area contributed by atoms with Crippen molar-refractivity contribution < 1.29 is 17.5 Å². The van der Waals surface area contributed by atoms with Gasteiger partial charge in [0.1, 0.15) is 22.8 Å². The Balaban J connectivity index is 1.78. The van der Waals surface area contributed by atoms with Crippen LogP contribution in [0.5, 0.6) is 5.75 Å². The molecule has 0 spiro atoms. The first-order valence-corrected chi connectivity index (χ1v) is 10.1. The van der Waals surface area contributed by atoms with Crippen LogP contribution in [0.1, 0.15) is 5.56 Å². The minimum Gasteiger partial charge on any atom is -0.497 e. The Hall–Kier alpha value is -3.46. The molecule has 4 aromatic rings. The summed E-state index contributed by atoms with van der Waals surface area (Å²) in [5.74, 6) is 0.226. The number of aromatic nitrogens is 3. The van der Waals surface area contributed by atoms with Crippen LogP contribution in [0.15, 0.2) is 78.1 Å². The monoisotopic (exact) mass is 412 g/mol. The number of hydrogen-bond donors (Lipinski definition) is 0. The Morgan fingerprint density at radius 1 is 1.03 bits per heavy atom. The lowest BCUT2D eigenvalue weighted by Gasteiger charge is -2.25. The summed E-state index contributed by atoms with van der Waals surface area (Å²) in [5, 5.41) is 7.66. The maximum absolute atomic E-state index is 13.5. The summed E-state index contributed by atoms with van der Waals surface area (Å²) in [6.07, 6.45) is 2.88. The van der Waals surface area contributed by atoms with Crippen molar-refractivity contribution in [1.29, 1.82) is 0 Å². The fraction of sp³-hybridized carbons (Fsp3) is 0.100. The van der Waals surface area contributed by atoms with E-state index in [4.69, 9.17) is 4.74 Å². The molecule has 9 heteroatoms. The zero-order valence-corrected chi connectivity index (χ0v) is 16.3. The summed E-state index contributed by atoms with van der Waals surface area (Å²) in [6.45, 7) is 0.0676. The lowest BCUT2D eigenvalue weighted by Crippen LogP contribution is -2.30. The molecule has 0 bridgehead atoms. The normalized spacial score (nSPS) is 11.5. The van der Waals surface area contributed by atoms with E-state index in [2.05, 4.69) is 10.2 Å². The van der Waals surface area contributed by atoms with E-state index in [-0.39, 0.29) is 11.4 Å². The van der Waals surface area contributed by atoms with Crippen LogP contribution in [0, 0.1) is 5.82 Å². The smallest absolute Gasteiger partial charge is 0.266 e. The second-order valence-electron chi connectivity index (χ2n) is 6.30. The number of hydrogen-bond acceptors (Lipinski definition) is 5. The van der Waals surface area contributed by atoms with Gasteiger partial charge >= 0.3 is 0 Å². The van der Waals surface area contributed by atoms with Crippen LogP contribution < -0.4 is 9.04 Å². The standard InChI is InChI=1S/C20H17FN4O3S/c1-28-18-8-2-15(3-9-18)12-25(17-6-4-16(21)5-7-17)29(26,27)19-10-11-20-23-22-14-24(20)13-19/h2-11,13-14H,12H2,1H3. The van der Waals surface area contributed by atoms with E-state index in [1.807, 2.05) is 0 Å². The van der Waals surface area contributed by atoms with Crippen LogP contribution in [0.2, 0.25) is 0 Å². The average Bonchev–Trinajstić information content (AvgIpc) is 3.21. The Morgan fingerprint density at radius 3 is 2.45 bits per heavy atom. The molecule has 0 aliphatic carbocycles. The minimum absolute atomic E-state index is 0.0676. The van der Waals surface area contributed by atoms with Crippen LogP contribution in [-0.2, 0) is 16.6 Å². The predicted molar refractivity (Wildman–Crippen MR) is 106 cm³/mol. The molecule has 0 aliphatic heterocycles. The number of nitrogens with zero attached hydrogens (tertiary/aromatic N) is 4. The highest BCUT2D eigenvalue weighted by Gasteiger charge is 2.26. The number of anilines is 1. The van der Waals surface area contributed by atoms with E-state index < -0.39 is 15.8 Å². The molecule has 0 aliphatic rings. The molecule has 0 radical (unpaired) electrons. The average molecular weight is 412 g/mol. The van der Waals surface area contributed by atoms with Gasteiger partial charge in [0.25, 0.3) is 10.0 Å². The van der Waals surface area contributed by atoms with Crippen molar-refractivity contribution in [2.45, 2.75) is 11.4 Å². The molecule has 148 valence electrons. The first-order chi connectivity index (χ1) is 14.0. The highest BCUT2D eigenvalue weighted by Crippen LogP contribution is 2.27. The molecular weight excluding hydrogens is 395 g/mol. The van der Waals surface area contributed by atoms with Crippen LogP contribution in [0.25, 0.3) is 5.65 Å². The van der Waals surface area contributed by atoms with Gasteiger partial charge in [-0.1, -0.05) is 12.1 Å². The second kappa shape index (κ2) is 7.51. The van der Waals surface area contributed by atoms with Gasteiger partial charge in [0.15, 0.2) is 5.65 Å². The first-order valence-electron chi connectivity index (χ1n) is 8.68. The SMILES string of the molecule is COc1ccc(CN(c2ccc(F)cc2)S(=O)(=O)c2ccc3nncn3c2)cc1. The number of ether oxygens (including phenoxy) is 1. The molecule has 0 unspecified atom stereocenters. The molecule has 0 fully saturated rings. The second-order valence-corrected chi connectivity index (χ2v) is 8.16. The molecule has 0 saturated carbocycles. The van der Waals surface area contributed by atoms with Crippen molar-refractivity contribution in [2.75, 3.05) is 11.4 Å². The lowest BCUT2D eigenvalue weighted by molar-refractivity contribution is 0.414. The maximum Gasteiger partial charge on any atom is 0.266 e. The number of pyridine rings is 1. The van der Waals surface area contributed by atoms with E-state index in [0.29, 0.717) is 17.1 Å². The molecule has 0 amide bonds. The minimum atomic E-state index is -3.95.